The number of alkyl halides is 3. The summed E-state index contributed by atoms with van der Waals surface area (Å²) in [5.74, 6) is 0.190. The lowest BCUT2D eigenvalue weighted by atomic mass is 10.1. The van der Waals surface area contributed by atoms with Crippen molar-refractivity contribution in [2.24, 2.45) is 0 Å². The fraction of sp³-hybridized carbons (Fsp3) is 0.286. The standard InChI is InChI=1S/C14H13F3N2OS2/c1-21-8-12(20)19-13-18-7-11(22-13)6-9-3-2-4-10(5-9)14(15,16)17/h2-5,7H,6,8H2,1H3,(H,18,19,20). The molecule has 0 atom stereocenters. The van der Waals surface area contributed by atoms with Gasteiger partial charge in [0.15, 0.2) is 5.13 Å². The lowest BCUT2D eigenvalue weighted by Crippen LogP contribution is -2.13. The zero-order valence-electron chi connectivity index (χ0n) is 11.6. The molecular weight excluding hydrogens is 333 g/mol. The van der Waals surface area contributed by atoms with E-state index in [9.17, 15) is 18.0 Å². The number of hydrogen-bond donors (Lipinski definition) is 1. The highest BCUT2D eigenvalue weighted by Crippen LogP contribution is 2.30. The summed E-state index contributed by atoms with van der Waals surface area (Å²) in [6.45, 7) is 0. The molecule has 3 nitrogen and oxygen atoms in total. The van der Waals surface area contributed by atoms with Gasteiger partial charge in [-0.15, -0.1) is 11.3 Å². The van der Waals surface area contributed by atoms with Gasteiger partial charge in [-0.3, -0.25) is 4.79 Å². The number of carbonyl (C=O) groups is 1. The number of carbonyl (C=O) groups excluding carboxylic acids is 1. The molecule has 2 aromatic rings. The number of aromatic nitrogens is 1. The molecule has 0 aliphatic rings. The van der Waals surface area contributed by atoms with Crippen LogP contribution in [0.1, 0.15) is 16.0 Å². The molecule has 1 aromatic heterocycles. The fourth-order valence-electron chi connectivity index (χ4n) is 1.79. The van der Waals surface area contributed by atoms with E-state index in [0.717, 1.165) is 17.0 Å². The summed E-state index contributed by atoms with van der Waals surface area (Å²) in [4.78, 5) is 16.3. The molecule has 0 aliphatic carbocycles. The summed E-state index contributed by atoms with van der Waals surface area (Å²) < 4.78 is 38.0. The Morgan fingerprint density at radius 3 is 2.86 bits per heavy atom. The van der Waals surface area contributed by atoms with Gasteiger partial charge in [-0.1, -0.05) is 18.2 Å². The van der Waals surface area contributed by atoms with Crippen LogP contribution in [0.4, 0.5) is 18.3 Å². The third-order valence-corrected chi connectivity index (χ3v) is 4.17. The zero-order valence-corrected chi connectivity index (χ0v) is 13.2. The molecule has 1 heterocycles. The Labute approximate surface area is 134 Å². The minimum Gasteiger partial charge on any atom is -0.301 e. The predicted octanol–water partition coefficient (Wildman–Crippen LogP) is 4.05. The Kier molecular flexibility index (Phi) is 5.47. The minimum atomic E-state index is -4.35. The van der Waals surface area contributed by atoms with Crippen molar-refractivity contribution >= 4 is 34.1 Å². The van der Waals surface area contributed by atoms with Gasteiger partial charge < -0.3 is 5.32 Å². The minimum absolute atomic E-state index is 0.146. The van der Waals surface area contributed by atoms with Gasteiger partial charge in [0.2, 0.25) is 5.91 Å². The molecular formula is C14H13F3N2OS2. The highest BCUT2D eigenvalue weighted by Gasteiger charge is 2.30. The molecule has 0 radical (unpaired) electrons. The topological polar surface area (TPSA) is 42.0 Å². The Hall–Kier alpha value is -1.54. The number of hydrogen-bond acceptors (Lipinski definition) is 4. The van der Waals surface area contributed by atoms with E-state index in [-0.39, 0.29) is 5.91 Å². The predicted molar refractivity (Wildman–Crippen MR) is 83.4 cm³/mol. The van der Waals surface area contributed by atoms with Crippen LogP contribution in [0.3, 0.4) is 0 Å². The van der Waals surface area contributed by atoms with Gasteiger partial charge in [0.05, 0.1) is 11.3 Å². The number of nitrogens with zero attached hydrogens (tertiary/aromatic N) is 1. The number of rotatable bonds is 5. The number of nitrogens with one attached hydrogen (secondary N) is 1. The average molecular weight is 346 g/mol. The van der Waals surface area contributed by atoms with Crippen LogP contribution in [0.5, 0.6) is 0 Å². The highest BCUT2D eigenvalue weighted by molar-refractivity contribution is 7.99. The average Bonchev–Trinajstić information content (AvgIpc) is 2.85. The summed E-state index contributed by atoms with van der Waals surface area (Å²) in [5.41, 5.74) is -0.108. The van der Waals surface area contributed by atoms with Crippen LogP contribution >= 0.6 is 23.1 Å². The molecule has 0 spiro atoms. The van der Waals surface area contributed by atoms with Crippen LogP contribution in [0.25, 0.3) is 0 Å². The third-order valence-electron chi connectivity index (χ3n) is 2.71. The van der Waals surface area contributed by atoms with E-state index in [2.05, 4.69) is 10.3 Å². The maximum atomic E-state index is 12.7. The van der Waals surface area contributed by atoms with E-state index in [1.807, 2.05) is 6.26 Å². The van der Waals surface area contributed by atoms with E-state index in [1.54, 1.807) is 12.3 Å². The number of thioether (sulfide) groups is 1. The second-order valence-corrected chi connectivity index (χ2v) is 6.47. The van der Waals surface area contributed by atoms with Crippen molar-refractivity contribution in [3.8, 4) is 0 Å². The molecule has 0 saturated heterocycles. The third kappa shape index (κ3) is 4.74. The first-order valence-corrected chi connectivity index (χ1v) is 8.49. The van der Waals surface area contributed by atoms with Crippen LogP contribution in [-0.2, 0) is 17.4 Å². The Bertz CT molecular complexity index is 656. The van der Waals surface area contributed by atoms with Crippen molar-refractivity contribution in [3.63, 3.8) is 0 Å². The first-order valence-electron chi connectivity index (χ1n) is 6.28. The van der Waals surface area contributed by atoms with E-state index < -0.39 is 11.7 Å². The van der Waals surface area contributed by atoms with E-state index >= 15 is 0 Å². The molecule has 1 amide bonds. The SMILES string of the molecule is CSCC(=O)Nc1ncc(Cc2cccc(C(F)(F)F)c2)s1. The summed E-state index contributed by atoms with van der Waals surface area (Å²) in [7, 11) is 0. The molecule has 1 aromatic carbocycles. The number of halogens is 3. The van der Waals surface area contributed by atoms with Crippen molar-refractivity contribution in [2.75, 3.05) is 17.3 Å². The molecule has 0 saturated carbocycles. The molecule has 22 heavy (non-hydrogen) atoms. The van der Waals surface area contributed by atoms with Crippen LogP contribution in [0.15, 0.2) is 30.5 Å². The van der Waals surface area contributed by atoms with Crippen LogP contribution < -0.4 is 5.32 Å². The number of thiazole rings is 1. The van der Waals surface area contributed by atoms with Crippen molar-refractivity contribution in [3.05, 3.63) is 46.5 Å². The second kappa shape index (κ2) is 7.15. The summed E-state index contributed by atoms with van der Waals surface area (Å²) in [6.07, 6.45) is -0.610. The van der Waals surface area contributed by atoms with Gasteiger partial charge in [0.1, 0.15) is 0 Å². The molecule has 0 fully saturated rings. The van der Waals surface area contributed by atoms with E-state index in [1.165, 1.54) is 29.2 Å². The summed E-state index contributed by atoms with van der Waals surface area (Å²) in [5, 5.41) is 3.11. The zero-order chi connectivity index (χ0) is 16.2. The van der Waals surface area contributed by atoms with Crippen LogP contribution in [0.2, 0.25) is 0 Å². The largest absolute Gasteiger partial charge is 0.416 e. The second-order valence-electron chi connectivity index (χ2n) is 4.49. The van der Waals surface area contributed by atoms with E-state index in [4.69, 9.17) is 0 Å². The summed E-state index contributed by atoms with van der Waals surface area (Å²) in [6, 6.07) is 5.21. The monoisotopic (exact) mass is 346 g/mol. The fourth-order valence-corrected chi connectivity index (χ4v) is 2.99. The van der Waals surface area contributed by atoms with Crippen molar-refractivity contribution in [2.45, 2.75) is 12.6 Å². The lowest BCUT2D eigenvalue weighted by Gasteiger charge is -2.07. The van der Waals surface area contributed by atoms with Crippen molar-refractivity contribution < 1.29 is 18.0 Å². The maximum Gasteiger partial charge on any atom is 0.416 e. The van der Waals surface area contributed by atoms with Gasteiger partial charge in [0, 0.05) is 17.5 Å². The van der Waals surface area contributed by atoms with Gasteiger partial charge in [-0.2, -0.15) is 24.9 Å². The molecule has 0 unspecified atom stereocenters. The normalized spacial score (nSPS) is 11.5. The quantitative estimate of drug-likeness (QED) is 0.888. The van der Waals surface area contributed by atoms with Crippen LogP contribution in [0, 0.1) is 0 Å². The molecule has 0 aliphatic heterocycles. The van der Waals surface area contributed by atoms with Crippen LogP contribution in [-0.4, -0.2) is 22.9 Å². The first-order chi connectivity index (χ1) is 10.4. The lowest BCUT2D eigenvalue weighted by molar-refractivity contribution is -0.137. The van der Waals surface area contributed by atoms with Gasteiger partial charge in [-0.25, -0.2) is 4.98 Å². The molecule has 118 valence electrons. The smallest absolute Gasteiger partial charge is 0.301 e. The number of anilines is 1. The first kappa shape index (κ1) is 16.8. The molecule has 2 rings (SSSR count). The molecule has 0 bridgehead atoms. The van der Waals surface area contributed by atoms with Gasteiger partial charge in [-0.05, 0) is 17.9 Å². The van der Waals surface area contributed by atoms with Crippen molar-refractivity contribution in [1.82, 2.24) is 4.98 Å². The summed E-state index contributed by atoms with van der Waals surface area (Å²) >= 11 is 2.66. The Morgan fingerprint density at radius 2 is 2.18 bits per heavy atom. The number of amides is 1. The number of benzene rings is 1. The maximum absolute atomic E-state index is 12.7. The molecule has 8 heteroatoms. The van der Waals surface area contributed by atoms with Gasteiger partial charge in [0.25, 0.3) is 0 Å². The Balaban J connectivity index is 2.06. The van der Waals surface area contributed by atoms with Crippen molar-refractivity contribution in [1.29, 1.82) is 0 Å². The van der Waals surface area contributed by atoms with Gasteiger partial charge >= 0.3 is 6.18 Å². The highest BCUT2D eigenvalue weighted by atomic mass is 32.2. The Morgan fingerprint density at radius 1 is 1.41 bits per heavy atom. The molecule has 1 N–H and O–H groups in total. The van der Waals surface area contributed by atoms with E-state index in [0.29, 0.717) is 22.9 Å².